The lowest BCUT2D eigenvalue weighted by atomic mass is 9.70. The highest BCUT2D eigenvalue weighted by Gasteiger charge is 2.62. The van der Waals surface area contributed by atoms with E-state index in [0.29, 0.717) is 11.1 Å². The summed E-state index contributed by atoms with van der Waals surface area (Å²) in [5, 5.41) is 8.75. The lowest BCUT2D eigenvalue weighted by Gasteiger charge is -2.38. The molecule has 19 heavy (non-hydrogen) atoms. The van der Waals surface area contributed by atoms with Gasteiger partial charge in [-0.1, -0.05) is 20.8 Å². The second-order valence-corrected chi connectivity index (χ2v) is 6.71. The first kappa shape index (κ1) is 12.5. The second-order valence-electron chi connectivity index (χ2n) is 6.71. The van der Waals surface area contributed by atoms with E-state index in [2.05, 4.69) is 25.8 Å². The number of nitrogens with zero attached hydrogens (tertiary/aromatic N) is 2. The molecule has 0 N–H and O–H groups in total. The fourth-order valence-electron chi connectivity index (χ4n) is 3.99. The Labute approximate surface area is 114 Å². The van der Waals surface area contributed by atoms with Gasteiger partial charge in [0.25, 0.3) is 0 Å². The lowest BCUT2D eigenvalue weighted by Crippen LogP contribution is -2.38. The third-order valence-electron chi connectivity index (χ3n) is 5.84. The van der Waals surface area contributed by atoms with Gasteiger partial charge in [-0.2, -0.15) is 5.26 Å². The molecule has 2 aliphatic carbocycles. The maximum atomic E-state index is 8.75. The standard InChI is InChI=1S/C16H20N2O/c1-15(2)11-6-7-16(15,3)14(8-11)19-13-5-4-12(9-17)18-10-13/h4-5,10-11,14H,6-8H2,1-3H3. The van der Waals surface area contributed by atoms with Gasteiger partial charge in [-0.15, -0.1) is 0 Å². The fraction of sp³-hybridized carbons (Fsp3) is 0.625. The van der Waals surface area contributed by atoms with Gasteiger partial charge in [0.05, 0.1) is 6.20 Å². The average Bonchev–Trinajstić information content (AvgIpc) is 2.73. The zero-order valence-corrected chi connectivity index (χ0v) is 11.8. The molecule has 3 atom stereocenters. The summed E-state index contributed by atoms with van der Waals surface area (Å²) in [5.41, 5.74) is 1.05. The van der Waals surface area contributed by atoms with Crippen LogP contribution in [0.15, 0.2) is 18.3 Å². The largest absolute Gasteiger partial charge is 0.488 e. The van der Waals surface area contributed by atoms with Gasteiger partial charge in [0.2, 0.25) is 0 Å². The van der Waals surface area contributed by atoms with Crippen molar-refractivity contribution in [3.05, 3.63) is 24.0 Å². The maximum Gasteiger partial charge on any atom is 0.140 e. The van der Waals surface area contributed by atoms with Crippen molar-refractivity contribution >= 4 is 0 Å². The Morgan fingerprint density at radius 3 is 2.63 bits per heavy atom. The highest BCUT2D eigenvalue weighted by atomic mass is 16.5. The molecule has 0 amide bonds. The predicted molar refractivity (Wildman–Crippen MR) is 72.6 cm³/mol. The molecule has 2 aliphatic rings. The molecule has 0 aromatic carbocycles. The monoisotopic (exact) mass is 256 g/mol. The minimum atomic E-state index is 0.256. The lowest BCUT2D eigenvalue weighted by molar-refractivity contribution is 0.0299. The van der Waals surface area contributed by atoms with E-state index < -0.39 is 0 Å². The first-order chi connectivity index (χ1) is 8.97. The molecule has 3 nitrogen and oxygen atoms in total. The van der Waals surface area contributed by atoms with E-state index in [0.717, 1.165) is 18.1 Å². The Bertz CT molecular complexity index is 529. The van der Waals surface area contributed by atoms with Crippen molar-refractivity contribution in [3.63, 3.8) is 0 Å². The van der Waals surface area contributed by atoms with E-state index in [-0.39, 0.29) is 11.5 Å². The van der Waals surface area contributed by atoms with Crippen molar-refractivity contribution in [2.24, 2.45) is 16.7 Å². The van der Waals surface area contributed by atoms with Crippen molar-refractivity contribution in [1.29, 1.82) is 5.26 Å². The van der Waals surface area contributed by atoms with Crippen LogP contribution in [-0.4, -0.2) is 11.1 Å². The summed E-state index contributed by atoms with van der Waals surface area (Å²) in [6.07, 6.45) is 5.66. The van der Waals surface area contributed by atoms with Crippen molar-refractivity contribution in [1.82, 2.24) is 4.98 Å². The molecule has 100 valence electrons. The molecule has 2 fully saturated rings. The minimum absolute atomic E-state index is 0.256. The van der Waals surface area contributed by atoms with Crippen molar-refractivity contribution in [2.45, 2.75) is 46.1 Å². The summed E-state index contributed by atoms with van der Waals surface area (Å²) in [6, 6.07) is 5.60. The Morgan fingerprint density at radius 2 is 2.16 bits per heavy atom. The molecule has 3 heteroatoms. The number of ether oxygens (including phenoxy) is 1. The number of aromatic nitrogens is 1. The van der Waals surface area contributed by atoms with Crippen LogP contribution in [0.4, 0.5) is 0 Å². The van der Waals surface area contributed by atoms with E-state index in [9.17, 15) is 0 Å². The average molecular weight is 256 g/mol. The topological polar surface area (TPSA) is 45.9 Å². The molecular weight excluding hydrogens is 236 g/mol. The Hall–Kier alpha value is -1.56. The third-order valence-corrected chi connectivity index (χ3v) is 5.84. The molecule has 3 rings (SSSR count). The Morgan fingerprint density at radius 1 is 1.37 bits per heavy atom. The molecule has 1 aromatic rings. The first-order valence-corrected chi connectivity index (χ1v) is 7.00. The van der Waals surface area contributed by atoms with Gasteiger partial charge in [-0.05, 0) is 42.7 Å². The van der Waals surface area contributed by atoms with Crippen molar-refractivity contribution in [2.75, 3.05) is 0 Å². The summed E-state index contributed by atoms with van der Waals surface area (Å²) >= 11 is 0. The van der Waals surface area contributed by atoms with Crippen molar-refractivity contribution < 1.29 is 4.74 Å². The van der Waals surface area contributed by atoms with E-state index in [1.807, 2.05) is 12.1 Å². The van der Waals surface area contributed by atoms with Crippen molar-refractivity contribution in [3.8, 4) is 11.8 Å². The molecule has 0 radical (unpaired) electrons. The Kier molecular flexibility index (Phi) is 2.60. The van der Waals surface area contributed by atoms with Crippen LogP contribution < -0.4 is 4.74 Å². The molecule has 1 aromatic heterocycles. The quantitative estimate of drug-likeness (QED) is 0.813. The van der Waals surface area contributed by atoms with Crippen LogP contribution in [0.5, 0.6) is 5.75 Å². The van der Waals surface area contributed by atoms with E-state index in [1.165, 1.54) is 12.8 Å². The molecule has 3 unspecified atom stereocenters. The SMILES string of the molecule is CC1(C)C2CCC1(C)C(Oc1ccc(C#N)nc1)C2. The fourth-order valence-corrected chi connectivity index (χ4v) is 3.99. The van der Waals surface area contributed by atoms with Gasteiger partial charge in [0, 0.05) is 5.41 Å². The van der Waals surface area contributed by atoms with Gasteiger partial charge in [-0.3, -0.25) is 0 Å². The van der Waals surface area contributed by atoms with Crippen LogP contribution in [0.1, 0.15) is 45.7 Å². The third kappa shape index (κ3) is 1.66. The predicted octanol–water partition coefficient (Wildman–Crippen LogP) is 3.55. The summed E-state index contributed by atoms with van der Waals surface area (Å²) in [4.78, 5) is 4.07. The Balaban J connectivity index is 1.80. The van der Waals surface area contributed by atoms with Crippen LogP contribution in [0.3, 0.4) is 0 Å². The van der Waals surface area contributed by atoms with Crippen LogP contribution in [0.2, 0.25) is 0 Å². The molecule has 0 spiro atoms. The molecular formula is C16H20N2O. The number of nitriles is 1. The normalized spacial score (nSPS) is 35.1. The van der Waals surface area contributed by atoms with E-state index in [4.69, 9.17) is 10.00 Å². The highest BCUT2D eigenvalue weighted by molar-refractivity contribution is 5.27. The van der Waals surface area contributed by atoms with Crippen LogP contribution in [-0.2, 0) is 0 Å². The molecule has 0 saturated heterocycles. The van der Waals surface area contributed by atoms with E-state index >= 15 is 0 Å². The summed E-state index contributed by atoms with van der Waals surface area (Å²) in [6.45, 7) is 7.12. The number of pyridine rings is 1. The number of hydrogen-bond acceptors (Lipinski definition) is 3. The first-order valence-electron chi connectivity index (χ1n) is 7.00. The summed E-state index contributed by atoms with van der Waals surface area (Å²) in [7, 11) is 0. The minimum Gasteiger partial charge on any atom is -0.488 e. The summed E-state index contributed by atoms with van der Waals surface area (Å²) < 4.78 is 6.18. The highest BCUT2D eigenvalue weighted by Crippen LogP contribution is 2.66. The van der Waals surface area contributed by atoms with Crippen LogP contribution in [0.25, 0.3) is 0 Å². The molecule has 2 saturated carbocycles. The van der Waals surface area contributed by atoms with Gasteiger partial charge < -0.3 is 4.74 Å². The number of fused-ring (bicyclic) bond motifs is 2. The number of rotatable bonds is 2. The van der Waals surface area contributed by atoms with Crippen LogP contribution >= 0.6 is 0 Å². The maximum absolute atomic E-state index is 8.75. The van der Waals surface area contributed by atoms with Gasteiger partial charge in [0.15, 0.2) is 0 Å². The van der Waals surface area contributed by atoms with Crippen LogP contribution in [0, 0.1) is 28.1 Å². The van der Waals surface area contributed by atoms with Gasteiger partial charge in [-0.25, -0.2) is 4.98 Å². The summed E-state index contributed by atoms with van der Waals surface area (Å²) in [5.74, 6) is 1.56. The molecule has 2 bridgehead atoms. The second kappa shape index (κ2) is 3.96. The number of hydrogen-bond donors (Lipinski definition) is 0. The molecule has 1 heterocycles. The van der Waals surface area contributed by atoms with E-state index in [1.54, 1.807) is 12.3 Å². The van der Waals surface area contributed by atoms with Gasteiger partial charge in [0.1, 0.15) is 23.6 Å². The van der Waals surface area contributed by atoms with Gasteiger partial charge >= 0.3 is 0 Å². The zero-order valence-electron chi connectivity index (χ0n) is 11.8. The smallest absolute Gasteiger partial charge is 0.140 e. The molecule has 0 aliphatic heterocycles. The zero-order chi connectivity index (χ0) is 13.7.